The summed E-state index contributed by atoms with van der Waals surface area (Å²) < 4.78 is 6.49. The molecule has 2 heteroatoms. The van der Waals surface area contributed by atoms with Crippen molar-refractivity contribution in [3.05, 3.63) is 222 Å². The highest BCUT2D eigenvalue weighted by Gasteiger charge is 2.46. The molecule has 9 aromatic rings. The predicted molar refractivity (Wildman–Crippen MR) is 211 cm³/mol. The van der Waals surface area contributed by atoms with E-state index >= 15 is 0 Å². The van der Waals surface area contributed by atoms with E-state index in [-0.39, 0.29) is 0 Å². The van der Waals surface area contributed by atoms with Crippen LogP contribution >= 0.6 is 0 Å². The van der Waals surface area contributed by atoms with Gasteiger partial charge in [0.25, 0.3) is 0 Å². The lowest BCUT2D eigenvalue weighted by molar-refractivity contribution is 0.665. The third-order valence-corrected chi connectivity index (χ3v) is 10.6. The van der Waals surface area contributed by atoms with Crippen LogP contribution in [0.4, 0.5) is 17.1 Å². The van der Waals surface area contributed by atoms with Crippen LogP contribution < -0.4 is 4.90 Å². The van der Waals surface area contributed by atoms with E-state index in [4.69, 9.17) is 4.42 Å². The van der Waals surface area contributed by atoms with Crippen molar-refractivity contribution in [2.75, 3.05) is 4.90 Å². The molecule has 0 N–H and O–H groups in total. The second kappa shape index (κ2) is 11.8. The van der Waals surface area contributed by atoms with Gasteiger partial charge < -0.3 is 9.32 Å². The molecule has 0 spiro atoms. The molecule has 240 valence electrons. The molecule has 8 aromatic carbocycles. The maximum atomic E-state index is 6.49. The van der Waals surface area contributed by atoms with Crippen molar-refractivity contribution < 1.29 is 4.42 Å². The molecule has 0 unspecified atom stereocenters. The second-order valence-corrected chi connectivity index (χ2v) is 13.3. The van der Waals surface area contributed by atoms with Gasteiger partial charge in [-0.05, 0) is 93.0 Å². The molecule has 0 aliphatic heterocycles. The molecule has 0 fully saturated rings. The van der Waals surface area contributed by atoms with Crippen LogP contribution in [0.25, 0.3) is 44.2 Å². The number of rotatable bonds is 6. The predicted octanol–water partition coefficient (Wildman–Crippen LogP) is 13.1. The van der Waals surface area contributed by atoms with Gasteiger partial charge in [0.15, 0.2) is 0 Å². The normalized spacial score (nSPS) is 12.9. The van der Waals surface area contributed by atoms with Crippen LogP contribution in [-0.4, -0.2) is 0 Å². The molecular formula is C49H33NO. The third-order valence-electron chi connectivity index (χ3n) is 10.6. The van der Waals surface area contributed by atoms with Crippen LogP contribution in [0.15, 0.2) is 205 Å². The van der Waals surface area contributed by atoms with Gasteiger partial charge in [-0.2, -0.15) is 0 Å². The van der Waals surface area contributed by atoms with Crippen molar-refractivity contribution in [3.63, 3.8) is 0 Å². The van der Waals surface area contributed by atoms with E-state index in [2.05, 4.69) is 199 Å². The fourth-order valence-electron chi connectivity index (χ4n) is 8.30. The standard InChI is InChI=1S/C49H33NO/c1-3-13-34(14-4-1)35-23-28-39(29-24-35)50(38-15-5-2-6-16-38)40-30-25-36(26-31-40)49(45-20-10-7-17-41(45)42-18-8-11-21-46(42)49)37-27-32-44-43-19-9-12-22-47(43)51-48(44)33-37/h1-33H. The van der Waals surface area contributed by atoms with Crippen molar-refractivity contribution in [2.45, 2.75) is 5.41 Å². The van der Waals surface area contributed by atoms with Crippen LogP contribution in [0.2, 0.25) is 0 Å². The van der Waals surface area contributed by atoms with Crippen LogP contribution in [0.3, 0.4) is 0 Å². The fourth-order valence-corrected chi connectivity index (χ4v) is 8.30. The summed E-state index contributed by atoms with van der Waals surface area (Å²) in [5.74, 6) is 0. The Morgan fingerprint density at radius 3 is 1.53 bits per heavy atom. The van der Waals surface area contributed by atoms with Crippen molar-refractivity contribution in [1.82, 2.24) is 0 Å². The van der Waals surface area contributed by atoms with Gasteiger partial charge in [0.1, 0.15) is 11.2 Å². The van der Waals surface area contributed by atoms with Gasteiger partial charge in [-0.1, -0.05) is 152 Å². The van der Waals surface area contributed by atoms with Gasteiger partial charge in [-0.15, -0.1) is 0 Å². The lowest BCUT2D eigenvalue weighted by Crippen LogP contribution is -2.28. The summed E-state index contributed by atoms with van der Waals surface area (Å²) in [5.41, 5.74) is 14.5. The van der Waals surface area contributed by atoms with E-state index in [1.807, 2.05) is 6.07 Å². The third kappa shape index (κ3) is 4.57. The number of hydrogen-bond donors (Lipinski definition) is 0. The monoisotopic (exact) mass is 651 g/mol. The van der Waals surface area contributed by atoms with Gasteiger partial charge in [-0.3, -0.25) is 0 Å². The average Bonchev–Trinajstić information content (AvgIpc) is 3.73. The molecule has 0 atom stereocenters. The molecule has 0 amide bonds. The number of hydrogen-bond acceptors (Lipinski definition) is 2. The van der Waals surface area contributed by atoms with Gasteiger partial charge in [0.05, 0.1) is 5.41 Å². The summed E-state index contributed by atoms with van der Waals surface area (Å²) in [7, 11) is 0. The lowest BCUT2D eigenvalue weighted by atomic mass is 9.67. The van der Waals surface area contributed by atoms with Gasteiger partial charge in [0.2, 0.25) is 0 Å². The number of para-hydroxylation sites is 2. The van der Waals surface area contributed by atoms with Crippen LogP contribution in [0, 0.1) is 0 Å². The highest BCUT2D eigenvalue weighted by molar-refractivity contribution is 6.05. The first-order chi connectivity index (χ1) is 25.3. The Bertz CT molecular complexity index is 2630. The molecule has 0 bridgehead atoms. The zero-order chi connectivity index (χ0) is 33.8. The zero-order valence-corrected chi connectivity index (χ0v) is 27.9. The maximum Gasteiger partial charge on any atom is 0.135 e. The number of fused-ring (bicyclic) bond motifs is 6. The summed E-state index contributed by atoms with van der Waals surface area (Å²) in [6.07, 6.45) is 0. The van der Waals surface area contributed by atoms with Crippen molar-refractivity contribution in [2.24, 2.45) is 0 Å². The first-order valence-electron chi connectivity index (χ1n) is 17.5. The summed E-state index contributed by atoms with van der Waals surface area (Å²) in [6, 6.07) is 72.1. The fraction of sp³-hybridized carbons (Fsp3) is 0.0204. The Morgan fingerprint density at radius 2 is 0.843 bits per heavy atom. The van der Waals surface area contributed by atoms with Gasteiger partial charge in [-0.25, -0.2) is 0 Å². The number of nitrogens with zero attached hydrogens (tertiary/aromatic N) is 1. The Kier molecular flexibility index (Phi) is 6.75. The molecule has 2 nitrogen and oxygen atoms in total. The summed E-state index contributed by atoms with van der Waals surface area (Å²) in [4.78, 5) is 2.34. The topological polar surface area (TPSA) is 16.4 Å². The number of benzene rings is 8. The summed E-state index contributed by atoms with van der Waals surface area (Å²) in [5, 5.41) is 2.28. The summed E-state index contributed by atoms with van der Waals surface area (Å²) >= 11 is 0. The minimum atomic E-state index is -0.534. The zero-order valence-electron chi connectivity index (χ0n) is 27.9. The number of anilines is 3. The van der Waals surface area contributed by atoms with Gasteiger partial charge >= 0.3 is 0 Å². The smallest absolute Gasteiger partial charge is 0.135 e. The van der Waals surface area contributed by atoms with E-state index in [0.29, 0.717) is 0 Å². The summed E-state index contributed by atoms with van der Waals surface area (Å²) in [6.45, 7) is 0. The average molecular weight is 652 g/mol. The maximum absolute atomic E-state index is 6.49. The Morgan fingerprint density at radius 1 is 0.353 bits per heavy atom. The number of furan rings is 1. The highest BCUT2D eigenvalue weighted by atomic mass is 16.3. The first-order valence-corrected chi connectivity index (χ1v) is 17.5. The molecule has 0 saturated heterocycles. The molecule has 51 heavy (non-hydrogen) atoms. The van der Waals surface area contributed by atoms with E-state index < -0.39 is 5.41 Å². The van der Waals surface area contributed by atoms with E-state index in [1.54, 1.807) is 0 Å². The van der Waals surface area contributed by atoms with Crippen molar-refractivity contribution in [1.29, 1.82) is 0 Å². The molecule has 1 aromatic heterocycles. The quantitative estimate of drug-likeness (QED) is 0.178. The van der Waals surface area contributed by atoms with Gasteiger partial charge in [0, 0.05) is 27.8 Å². The molecule has 1 heterocycles. The van der Waals surface area contributed by atoms with E-state index in [9.17, 15) is 0 Å². The molecule has 1 aliphatic carbocycles. The molecule has 1 aliphatic rings. The van der Waals surface area contributed by atoms with E-state index in [0.717, 1.165) is 39.0 Å². The Labute approximate surface area is 297 Å². The molecule has 0 saturated carbocycles. The minimum absolute atomic E-state index is 0.534. The van der Waals surface area contributed by atoms with Crippen molar-refractivity contribution >= 4 is 39.0 Å². The van der Waals surface area contributed by atoms with Crippen LogP contribution in [0.5, 0.6) is 0 Å². The lowest BCUT2D eigenvalue weighted by Gasteiger charge is -2.34. The highest BCUT2D eigenvalue weighted by Crippen LogP contribution is 2.56. The Hall–Kier alpha value is -6.64. The largest absolute Gasteiger partial charge is 0.456 e. The van der Waals surface area contributed by atoms with Crippen LogP contribution in [-0.2, 0) is 5.41 Å². The Balaban J connectivity index is 1.15. The first kappa shape index (κ1) is 29.3. The molecule has 0 radical (unpaired) electrons. The minimum Gasteiger partial charge on any atom is -0.456 e. The molecule has 10 rings (SSSR count). The van der Waals surface area contributed by atoms with Crippen molar-refractivity contribution in [3.8, 4) is 22.3 Å². The second-order valence-electron chi connectivity index (χ2n) is 13.3. The SMILES string of the molecule is c1ccc(-c2ccc(N(c3ccccc3)c3ccc(C4(c5ccc6c(c5)oc5ccccc56)c5ccccc5-c5ccccc54)cc3)cc2)cc1. The van der Waals surface area contributed by atoms with E-state index in [1.165, 1.54) is 44.5 Å². The molecular weight excluding hydrogens is 619 g/mol. The van der Waals surface area contributed by atoms with Crippen LogP contribution in [0.1, 0.15) is 22.3 Å².